The fourth-order valence-electron chi connectivity index (χ4n) is 2.04. The Balaban J connectivity index is 1.91. The topological polar surface area (TPSA) is 96.7 Å². The van der Waals surface area contributed by atoms with Gasteiger partial charge in [0, 0.05) is 26.5 Å². The summed E-state index contributed by atoms with van der Waals surface area (Å²) in [5.41, 5.74) is 0. The van der Waals surface area contributed by atoms with Gasteiger partial charge in [-0.25, -0.2) is 9.78 Å². The van der Waals surface area contributed by atoms with E-state index in [1.54, 1.807) is 19.4 Å². The zero-order chi connectivity index (χ0) is 14.7. The van der Waals surface area contributed by atoms with Gasteiger partial charge in [0.2, 0.25) is 0 Å². The van der Waals surface area contributed by atoms with Crippen molar-refractivity contribution in [1.82, 2.24) is 19.8 Å². The second-order valence-corrected chi connectivity index (χ2v) is 4.85. The number of nitrogens with one attached hydrogen (secondary N) is 1. The standard InChI is InChI=1S/C12H18N4O4/c1-15-4-3-13-10(15)5-16(2)12(19)14-9-7-20-6-8(9)11(17)18/h3-4,8-9H,5-7H2,1-2H3,(H,14,19)(H,17,18). The number of nitrogens with zero attached hydrogens (tertiary/aromatic N) is 3. The van der Waals surface area contributed by atoms with Crippen molar-refractivity contribution in [2.24, 2.45) is 13.0 Å². The van der Waals surface area contributed by atoms with E-state index in [-0.39, 0.29) is 19.2 Å². The quantitative estimate of drug-likeness (QED) is 0.787. The number of imidazole rings is 1. The van der Waals surface area contributed by atoms with Gasteiger partial charge in [0.15, 0.2) is 0 Å². The molecule has 2 heterocycles. The molecule has 0 aromatic carbocycles. The van der Waals surface area contributed by atoms with Crippen LogP contribution in [0.15, 0.2) is 12.4 Å². The monoisotopic (exact) mass is 282 g/mol. The molecule has 110 valence electrons. The van der Waals surface area contributed by atoms with E-state index < -0.39 is 17.9 Å². The van der Waals surface area contributed by atoms with Crippen LogP contribution < -0.4 is 5.32 Å². The molecule has 1 fully saturated rings. The average molecular weight is 282 g/mol. The van der Waals surface area contributed by atoms with Crippen molar-refractivity contribution in [1.29, 1.82) is 0 Å². The number of amides is 2. The Morgan fingerprint density at radius 3 is 2.95 bits per heavy atom. The maximum Gasteiger partial charge on any atom is 0.317 e. The van der Waals surface area contributed by atoms with Crippen molar-refractivity contribution in [3.05, 3.63) is 18.2 Å². The lowest BCUT2D eigenvalue weighted by Crippen LogP contribution is -2.47. The number of carbonyl (C=O) groups is 2. The molecule has 0 aliphatic carbocycles. The summed E-state index contributed by atoms with van der Waals surface area (Å²) >= 11 is 0. The van der Waals surface area contributed by atoms with Gasteiger partial charge < -0.3 is 24.6 Å². The molecule has 1 aliphatic rings. The summed E-state index contributed by atoms with van der Waals surface area (Å²) in [5.74, 6) is -0.903. The Morgan fingerprint density at radius 1 is 1.60 bits per heavy atom. The summed E-state index contributed by atoms with van der Waals surface area (Å²) in [4.78, 5) is 28.6. The molecule has 2 amide bonds. The number of rotatable bonds is 4. The van der Waals surface area contributed by atoms with E-state index in [1.165, 1.54) is 4.90 Å². The number of aliphatic carboxylic acids is 1. The maximum atomic E-state index is 12.0. The highest BCUT2D eigenvalue weighted by molar-refractivity contribution is 5.77. The lowest BCUT2D eigenvalue weighted by Gasteiger charge is -2.22. The minimum atomic E-state index is -0.959. The van der Waals surface area contributed by atoms with Gasteiger partial charge in [-0.3, -0.25) is 4.79 Å². The molecule has 0 bridgehead atoms. The molecule has 8 nitrogen and oxygen atoms in total. The normalized spacial score (nSPS) is 21.7. The van der Waals surface area contributed by atoms with Crippen LogP contribution >= 0.6 is 0 Å². The van der Waals surface area contributed by atoms with Crippen molar-refractivity contribution in [2.45, 2.75) is 12.6 Å². The molecule has 8 heteroatoms. The number of ether oxygens (including phenoxy) is 1. The van der Waals surface area contributed by atoms with Crippen LogP contribution in [0.25, 0.3) is 0 Å². The van der Waals surface area contributed by atoms with Crippen molar-refractivity contribution in [3.8, 4) is 0 Å². The lowest BCUT2D eigenvalue weighted by molar-refractivity contribution is -0.142. The Morgan fingerprint density at radius 2 is 2.35 bits per heavy atom. The number of hydrogen-bond donors (Lipinski definition) is 2. The smallest absolute Gasteiger partial charge is 0.317 e. The third kappa shape index (κ3) is 3.08. The van der Waals surface area contributed by atoms with Crippen LogP contribution in [0.1, 0.15) is 5.82 Å². The maximum absolute atomic E-state index is 12.0. The van der Waals surface area contributed by atoms with Crippen LogP contribution in [-0.4, -0.2) is 57.9 Å². The highest BCUT2D eigenvalue weighted by atomic mass is 16.5. The Bertz CT molecular complexity index is 501. The fourth-order valence-corrected chi connectivity index (χ4v) is 2.04. The summed E-state index contributed by atoms with van der Waals surface area (Å²) in [5, 5.41) is 11.7. The van der Waals surface area contributed by atoms with E-state index in [9.17, 15) is 9.59 Å². The predicted octanol–water partition coefficient (Wildman–Crippen LogP) is -0.339. The van der Waals surface area contributed by atoms with Gasteiger partial charge in [-0.1, -0.05) is 0 Å². The van der Waals surface area contributed by atoms with E-state index in [1.807, 2.05) is 11.6 Å². The largest absolute Gasteiger partial charge is 0.481 e. The van der Waals surface area contributed by atoms with E-state index >= 15 is 0 Å². The van der Waals surface area contributed by atoms with Crippen LogP contribution in [0, 0.1) is 5.92 Å². The van der Waals surface area contributed by atoms with Gasteiger partial charge in [-0.15, -0.1) is 0 Å². The molecule has 0 saturated carbocycles. The molecule has 2 atom stereocenters. The van der Waals surface area contributed by atoms with Gasteiger partial charge in [0.1, 0.15) is 11.7 Å². The molecular weight excluding hydrogens is 264 g/mol. The molecule has 0 radical (unpaired) electrons. The zero-order valence-corrected chi connectivity index (χ0v) is 11.4. The average Bonchev–Trinajstić information content (AvgIpc) is 2.99. The first-order chi connectivity index (χ1) is 9.49. The Kier molecular flexibility index (Phi) is 4.23. The number of carbonyl (C=O) groups excluding carboxylic acids is 1. The van der Waals surface area contributed by atoms with Crippen LogP contribution in [0.2, 0.25) is 0 Å². The molecule has 2 rings (SSSR count). The van der Waals surface area contributed by atoms with Gasteiger partial charge in [-0.05, 0) is 0 Å². The van der Waals surface area contributed by atoms with Gasteiger partial charge in [-0.2, -0.15) is 0 Å². The molecular formula is C12H18N4O4. The molecule has 1 aromatic rings. The van der Waals surface area contributed by atoms with Gasteiger partial charge >= 0.3 is 12.0 Å². The van der Waals surface area contributed by atoms with Crippen LogP contribution in [0.5, 0.6) is 0 Å². The number of carboxylic acids is 1. The number of aryl methyl sites for hydroxylation is 1. The second-order valence-electron chi connectivity index (χ2n) is 4.85. The number of hydrogen-bond acceptors (Lipinski definition) is 4. The van der Waals surface area contributed by atoms with Gasteiger partial charge in [0.25, 0.3) is 0 Å². The summed E-state index contributed by atoms with van der Waals surface area (Å²) in [7, 11) is 3.48. The van der Waals surface area contributed by atoms with Crippen LogP contribution in [-0.2, 0) is 23.1 Å². The van der Waals surface area contributed by atoms with E-state index in [4.69, 9.17) is 9.84 Å². The third-order valence-corrected chi connectivity index (χ3v) is 3.35. The highest BCUT2D eigenvalue weighted by Crippen LogP contribution is 2.14. The second kappa shape index (κ2) is 5.91. The number of carboxylic acid groups (broad SMARTS) is 1. The molecule has 20 heavy (non-hydrogen) atoms. The van der Waals surface area contributed by atoms with E-state index in [0.29, 0.717) is 6.54 Å². The summed E-state index contributed by atoms with van der Waals surface area (Å²) in [6, 6.07) is -0.835. The molecule has 0 spiro atoms. The van der Waals surface area contributed by atoms with E-state index in [0.717, 1.165) is 5.82 Å². The Hall–Kier alpha value is -2.09. The first-order valence-corrected chi connectivity index (χ1v) is 6.27. The summed E-state index contributed by atoms with van der Waals surface area (Å²) in [6.07, 6.45) is 3.46. The molecule has 2 N–H and O–H groups in total. The lowest BCUT2D eigenvalue weighted by atomic mass is 10.0. The van der Waals surface area contributed by atoms with Crippen molar-refractivity contribution < 1.29 is 19.4 Å². The first-order valence-electron chi connectivity index (χ1n) is 6.27. The Labute approximate surface area is 116 Å². The van der Waals surface area contributed by atoms with Gasteiger partial charge in [0.05, 0.1) is 25.8 Å². The SMILES string of the molecule is CN(Cc1nccn1C)C(=O)NC1COCC1C(=O)O. The first kappa shape index (κ1) is 14.3. The minimum Gasteiger partial charge on any atom is -0.481 e. The zero-order valence-electron chi connectivity index (χ0n) is 11.4. The van der Waals surface area contributed by atoms with Crippen LogP contribution in [0.3, 0.4) is 0 Å². The molecule has 1 aromatic heterocycles. The highest BCUT2D eigenvalue weighted by Gasteiger charge is 2.35. The number of aromatic nitrogens is 2. The minimum absolute atomic E-state index is 0.128. The summed E-state index contributed by atoms with van der Waals surface area (Å²) < 4.78 is 6.93. The number of urea groups is 1. The van der Waals surface area contributed by atoms with Crippen molar-refractivity contribution in [2.75, 3.05) is 20.3 Å². The fraction of sp³-hybridized carbons (Fsp3) is 0.583. The molecule has 2 unspecified atom stereocenters. The van der Waals surface area contributed by atoms with Crippen LogP contribution in [0.4, 0.5) is 4.79 Å². The third-order valence-electron chi connectivity index (χ3n) is 3.35. The molecule has 1 saturated heterocycles. The van der Waals surface area contributed by atoms with Crippen molar-refractivity contribution >= 4 is 12.0 Å². The molecule has 1 aliphatic heterocycles. The summed E-state index contributed by atoms with van der Waals surface area (Å²) in [6.45, 7) is 0.697. The predicted molar refractivity (Wildman–Crippen MR) is 68.9 cm³/mol. The van der Waals surface area contributed by atoms with E-state index in [2.05, 4.69) is 10.3 Å². The van der Waals surface area contributed by atoms with Crippen molar-refractivity contribution in [3.63, 3.8) is 0 Å².